The predicted molar refractivity (Wildman–Crippen MR) is 262 cm³/mol. The normalized spacial score (nSPS) is 18.4. The third-order valence-corrected chi connectivity index (χ3v) is 13.8. The van der Waals surface area contributed by atoms with Crippen molar-refractivity contribution in [2.45, 2.75) is 55.6 Å². The largest absolute Gasteiger partial charge is 0.457 e. The Hall–Kier alpha value is -7.24. The van der Waals surface area contributed by atoms with Crippen molar-refractivity contribution in [2.75, 3.05) is 24.2 Å². The number of allylic oxidation sites excluding steroid dienone is 1. The molecule has 0 radical (unpaired) electrons. The number of nitrogens with zero attached hydrogens (tertiary/aromatic N) is 3. The summed E-state index contributed by atoms with van der Waals surface area (Å²) >= 11 is 2.21. The van der Waals surface area contributed by atoms with Crippen molar-refractivity contribution in [3.05, 3.63) is 203 Å². The van der Waals surface area contributed by atoms with E-state index in [0.717, 1.165) is 34.5 Å². The zero-order valence-electron chi connectivity index (χ0n) is 38.2. The smallest absolute Gasteiger partial charge is 0.409 e. The highest BCUT2D eigenvalue weighted by atomic mass is 32.2. The Morgan fingerprint density at radius 3 is 1.83 bits per heavy atom. The molecule has 2 aliphatic heterocycles. The maximum Gasteiger partial charge on any atom is 0.409 e. The summed E-state index contributed by atoms with van der Waals surface area (Å²) in [6.45, 7) is 3.95. The van der Waals surface area contributed by atoms with E-state index in [1.807, 2.05) is 91.0 Å². The topological polar surface area (TPSA) is 149 Å². The van der Waals surface area contributed by atoms with Crippen LogP contribution in [0.4, 0.5) is 18.3 Å². The number of anilines is 1. The average molecular weight is 988 g/mol. The molecule has 2 saturated heterocycles. The third-order valence-electron chi connectivity index (χ3n) is 11.5. The number of carbonyl (C=O) groups excluding carboxylic acids is 4. The Labute approximate surface area is 410 Å². The van der Waals surface area contributed by atoms with E-state index in [2.05, 4.69) is 15.8 Å². The van der Waals surface area contributed by atoms with Crippen LogP contribution in [0.1, 0.15) is 60.4 Å². The molecule has 5 aromatic carbocycles. The highest BCUT2D eigenvalue weighted by Crippen LogP contribution is 2.46. The van der Waals surface area contributed by atoms with Gasteiger partial charge in [0.2, 0.25) is 12.5 Å². The molecule has 0 bridgehead atoms. The van der Waals surface area contributed by atoms with Gasteiger partial charge in [-0.3, -0.25) is 14.4 Å². The number of thioether (sulfide) groups is 1. The summed E-state index contributed by atoms with van der Waals surface area (Å²) in [5.41, 5.74) is -0.172. The molecule has 3 atom stereocenters. The van der Waals surface area contributed by atoms with Crippen LogP contribution in [-0.2, 0) is 39.0 Å². The van der Waals surface area contributed by atoms with Crippen molar-refractivity contribution in [3.8, 4) is 0 Å². The van der Waals surface area contributed by atoms with Gasteiger partial charge in [0.05, 0.1) is 0 Å². The molecule has 1 aromatic heterocycles. The minimum Gasteiger partial charge on any atom is -0.457 e. The van der Waals surface area contributed by atoms with Gasteiger partial charge in [-0.2, -0.15) is 13.2 Å². The number of ether oxygens (including phenoxy) is 2. The quantitative estimate of drug-likeness (QED) is 0.0240. The number of alkyl halides is 3. The summed E-state index contributed by atoms with van der Waals surface area (Å²) < 4.78 is 52.9. The lowest BCUT2D eigenvalue weighted by Crippen LogP contribution is -2.74. The molecule has 8 rings (SSSR count). The summed E-state index contributed by atoms with van der Waals surface area (Å²) in [4.78, 5) is 66.8. The molecule has 0 spiro atoms. The lowest BCUT2D eigenvalue weighted by atomic mass is 9.77. The average Bonchev–Trinajstić information content (AvgIpc) is 3.83. The summed E-state index contributed by atoms with van der Waals surface area (Å²) in [7, 11) is 0. The first kappa shape index (κ1) is 49.2. The van der Waals surface area contributed by atoms with E-state index < -0.39 is 77.2 Å². The standard InChI is InChI=1S/C53H48F3N5O7S2/c1-50(2,3)68-41(62)31-66-60-42(40-32-69-49(57-40)59-53(37-23-13-6-14-24-37,38-25-15-7-16-26-38)39-27-17-8-18-28-39)45(63)58-43-46(64)61-33-51(34-70-47(43)61,29-30-52(54,55)56)48(65)67-44(35-19-9-4-10-20-35)36-21-11-5-12-22-36/h4-30,32,43-44,47H,31,33-34H2,1-3H3,(H,57,59)(H,58,63)/t43?,47-,51?/m1/s1. The van der Waals surface area contributed by atoms with Crippen molar-refractivity contribution in [1.82, 2.24) is 15.2 Å². The molecule has 12 nitrogen and oxygen atoms in total. The van der Waals surface area contributed by atoms with Gasteiger partial charge in [0.25, 0.3) is 5.91 Å². The van der Waals surface area contributed by atoms with Crippen LogP contribution in [0.15, 0.2) is 174 Å². The van der Waals surface area contributed by atoms with Gasteiger partial charge in [-0.25, -0.2) is 9.78 Å². The van der Waals surface area contributed by atoms with Crippen molar-refractivity contribution in [2.24, 2.45) is 10.6 Å². The van der Waals surface area contributed by atoms with Crippen molar-refractivity contribution in [1.29, 1.82) is 0 Å². The lowest BCUT2D eigenvalue weighted by Gasteiger charge is -2.53. The molecular formula is C53H48F3N5O7S2. The Morgan fingerprint density at radius 2 is 1.33 bits per heavy atom. The number of nitrogens with one attached hydrogen (secondary N) is 2. The number of hydrogen-bond acceptors (Lipinski definition) is 12. The van der Waals surface area contributed by atoms with Gasteiger partial charge in [-0.05, 0) is 48.6 Å². The number of esters is 2. The zero-order valence-corrected chi connectivity index (χ0v) is 39.8. The van der Waals surface area contributed by atoms with Gasteiger partial charge in [0.15, 0.2) is 16.9 Å². The summed E-state index contributed by atoms with van der Waals surface area (Å²) in [5, 5.41) is 11.6. The molecule has 6 aromatic rings. The first-order chi connectivity index (χ1) is 33.6. The molecule has 2 fully saturated rings. The highest BCUT2D eigenvalue weighted by molar-refractivity contribution is 8.00. The predicted octanol–water partition coefficient (Wildman–Crippen LogP) is 9.45. The number of carbonyl (C=O) groups is 4. The molecule has 0 saturated carbocycles. The second kappa shape index (κ2) is 20.8. The Balaban J connectivity index is 1.06. The van der Waals surface area contributed by atoms with Crippen molar-refractivity contribution >= 4 is 57.7 Å². The van der Waals surface area contributed by atoms with Crippen LogP contribution in [0.2, 0.25) is 0 Å². The van der Waals surface area contributed by atoms with E-state index in [0.29, 0.717) is 16.3 Å². The third kappa shape index (κ3) is 11.1. The van der Waals surface area contributed by atoms with Gasteiger partial charge >= 0.3 is 18.1 Å². The summed E-state index contributed by atoms with van der Waals surface area (Å²) in [6, 6.07) is 45.8. The van der Waals surface area contributed by atoms with Crippen LogP contribution >= 0.6 is 23.1 Å². The first-order valence-electron chi connectivity index (χ1n) is 22.2. The van der Waals surface area contributed by atoms with Gasteiger partial charge in [0, 0.05) is 23.8 Å². The second-order valence-electron chi connectivity index (χ2n) is 17.6. The van der Waals surface area contributed by atoms with Crippen LogP contribution in [0.3, 0.4) is 0 Å². The number of oxime groups is 1. The number of thiazole rings is 1. The number of hydrogen-bond donors (Lipinski definition) is 2. The van der Waals surface area contributed by atoms with E-state index >= 15 is 0 Å². The molecule has 360 valence electrons. The second-order valence-corrected chi connectivity index (χ2v) is 19.5. The molecule has 2 unspecified atom stereocenters. The molecule has 2 amide bonds. The van der Waals surface area contributed by atoms with Gasteiger partial charge in [-0.1, -0.05) is 163 Å². The van der Waals surface area contributed by atoms with E-state index in [-0.39, 0.29) is 23.2 Å². The Kier molecular flexibility index (Phi) is 14.6. The lowest BCUT2D eigenvalue weighted by molar-refractivity contribution is -0.162. The molecule has 2 N–H and O–H groups in total. The number of fused-ring (bicyclic) bond motifs is 1. The molecule has 70 heavy (non-hydrogen) atoms. The van der Waals surface area contributed by atoms with Gasteiger partial charge in [0.1, 0.15) is 33.7 Å². The highest BCUT2D eigenvalue weighted by Gasteiger charge is 2.58. The van der Waals surface area contributed by atoms with Crippen LogP contribution in [0.5, 0.6) is 0 Å². The van der Waals surface area contributed by atoms with Crippen LogP contribution < -0.4 is 10.6 Å². The monoisotopic (exact) mass is 987 g/mol. The number of aromatic nitrogens is 1. The number of rotatable bonds is 16. The molecule has 2 aliphatic rings. The van der Waals surface area contributed by atoms with E-state index in [1.165, 1.54) is 16.2 Å². The molecule has 0 aliphatic carbocycles. The molecule has 17 heteroatoms. The van der Waals surface area contributed by atoms with Crippen molar-refractivity contribution < 1.29 is 46.7 Å². The van der Waals surface area contributed by atoms with Gasteiger partial charge in [-0.15, -0.1) is 23.1 Å². The van der Waals surface area contributed by atoms with Crippen LogP contribution in [0, 0.1) is 5.41 Å². The minimum atomic E-state index is -4.78. The van der Waals surface area contributed by atoms with Crippen LogP contribution in [-0.4, -0.2) is 81.4 Å². The number of benzene rings is 5. The maximum atomic E-state index is 14.4. The summed E-state index contributed by atoms with van der Waals surface area (Å²) in [6.07, 6.45) is -5.00. The molecule has 3 heterocycles. The SMILES string of the molecule is CC(C)(C)OC(=O)CON=C(C(=O)NC1C(=O)N2CC(C=CC(F)(F)F)(C(=O)OC(c3ccccc3)c3ccccc3)CS[C@H]12)c1csc(NC(c2ccccc2)(c2ccccc2)c2ccccc2)n1. The van der Waals surface area contributed by atoms with Gasteiger partial charge < -0.3 is 29.8 Å². The maximum absolute atomic E-state index is 14.4. The number of amides is 2. The Bertz CT molecular complexity index is 2710. The fraction of sp³-hybridized carbons (Fsp3) is 0.245. The molecular weight excluding hydrogens is 940 g/mol. The first-order valence-corrected chi connectivity index (χ1v) is 24.1. The van der Waals surface area contributed by atoms with Crippen molar-refractivity contribution in [3.63, 3.8) is 0 Å². The number of β-lactam (4-membered cyclic amide) rings is 1. The Morgan fingerprint density at radius 1 is 0.814 bits per heavy atom. The van der Waals surface area contributed by atoms with Crippen LogP contribution in [0.25, 0.3) is 0 Å². The van der Waals surface area contributed by atoms with E-state index in [1.54, 1.807) is 86.8 Å². The minimum absolute atomic E-state index is 0.0146. The summed E-state index contributed by atoms with van der Waals surface area (Å²) in [5.74, 6) is -3.47. The fourth-order valence-corrected chi connectivity index (χ4v) is 10.5. The fourth-order valence-electron chi connectivity index (χ4n) is 8.27. The number of halogens is 3. The zero-order chi connectivity index (χ0) is 49.5. The van der Waals surface area contributed by atoms with E-state index in [9.17, 15) is 32.3 Å². The van der Waals surface area contributed by atoms with E-state index in [4.69, 9.17) is 19.3 Å².